The summed E-state index contributed by atoms with van der Waals surface area (Å²) in [6.07, 6.45) is 0. The molecule has 2 rings (SSSR count). The lowest BCUT2D eigenvalue weighted by atomic mass is 9.88. The molecule has 1 aromatic carbocycles. The van der Waals surface area contributed by atoms with Gasteiger partial charge in [-0.15, -0.1) is 0 Å². The summed E-state index contributed by atoms with van der Waals surface area (Å²) in [6.45, 7) is 3.12. The summed E-state index contributed by atoms with van der Waals surface area (Å²) in [5, 5.41) is 3.15. The summed E-state index contributed by atoms with van der Waals surface area (Å²) in [4.78, 5) is 11.6. The molecule has 1 fully saturated rings. The molecular weight excluding hydrogens is 221 g/mol. The van der Waals surface area contributed by atoms with Crippen LogP contribution in [0.15, 0.2) is 18.2 Å². The average molecular weight is 237 g/mol. The van der Waals surface area contributed by atoms with Crippen molar-refractivity contribution in [3.05, 3.63) is 35.1 Å². The number of carbonyl (C=O) groups is 1. The molecule has 0 aromatic heterocycles. The maximum absolute atomic E-state index is 13.4. The molecule has 0 spiro atoms. The van der Waals surface area contributed by atoms with Crippen molar-refractivity contribution in [3.63, 3.8) is 0 Å². The van der Waals surface area contributed by atoms with Crippen molar-refractivity contribution in [2.45, 2.75) is 12.8 Å². The minimum absolute atomic E-state index is 0.00292. The third kappa shape index (κ3) is 2.47. The Morgan fingerprint density at radius 2 is 2.18 bits per heavy atom. The van der Waals surface area contributed by atoms with E-state index in [2.05, 4.69) is 5.32 Å². The van der Waals surface area contributed by atoms with Gasteiger partial charge in [0.2, 0.25) is 0 Å². The fraction of sp³-hybridized carbons (Fsp3) is 0.462. The zero-order valence-electron chi connectivity index (χ0n) is 10.00. The topological polar surface area (TPSA) is 38.3 Å². The van der Waals surface area contributed by atoms with Crippen LogP contribution < -0.4 is 5.32 Å². The van der Waals surface area contributed by atoms with Crippen molar-refractivity contribution in [1.29, 1.82) is 0 Å². The maximum Gasteiger partial charge on any atom is 0.310 e. The molecule has 1 saturated heterocycles. The van der Waals surface area contributed by atoms with Gasteiger partial charge in [0.15, 0.2) is 0 Å². The molecule has 0 radical (unpaired) electrons. The van der Waals surface area contributed by atoms with Crippen molar-refractivity contribution in [2.24, 2.45) is 5.92 Å². The van der Waals surface area contributed by atoms with E-state index < -0.39 is 0 Å². The third-order valence-electron chi connectivity index (χ3n) is 3.21. The zero-order valence-corrected chi connectivity index (χ0v) is 10.00. The minimum atomic E-state index is -0.254. The molecule has 92 valence electrons. The Morgan fingerprint density at radius 1 is 1.41 bits per heavy atom. The van der Waals surface area contributed by atoms with Crippen molar-refractivity contribution in [1.82, 2.24) is 5.32 Å². The van der Waals surface area contributed by atoms with E-state index >= 15 is 0 Å². The lowest BCUT2D eigenvalue weighted by Gasteiger charge is -2.17. The molecule has 1 aliphatic heterocycles. The number of carbonyl (C=O) groups excluding carboxylic acids is 1. The molecule has 1 aromatic rings. The number of ether oxygens (including phenoxy) is 1. The molecule has 2 unspecified atom stereocenters. The maximum atomic E-state index is 13.4. The molecule has 0 aliphatic carbocycles. The van der Waals surface area contributed by atoms with Gasteiger partial charge in [-0.1, -0.05) is 6.07 Å². The second-order valence-corrected chi connectivity index (χ2v) is 4.46. The quantitative estimate of drug-likeness (QED) is 0.794. The van der Waals surface area contributed by atoms with E-state index in [-0.39, 0.29) is 23.6 Å². The molecule has 0 amide bonds. The lowest BCUT2D eigenvalue weighted by Crippen LogP contribution is -2.23. The highest BCUT2D eigenvalue weighted by molar-refractivity contribution is 5.74. The van der Waals surface area contributed by atoms with Gasteiger partial charge in [0.25, 0.3) is 0 Å². The standard InChI is InChI=1S/C13H16FNO2/c1-8-3-9(5-10(14)4-8)11-6-15-7-12(11)13(16)17-2/h3-5,11-12,15H,6-7H2,1-2H3. The first-order valence-electron chi connectivity index (χ1n) is 5.67. The molecule has 0 bridgehead atoms. The molecule has 3 nitrogen and oxygen atoms in total. The highest BCUT2D eigenvalue weighted by Crippen LogP contribution is 2.30. The number of hydrogen-bond acceptors (Lipinski definition) is 3. The average Bonchev–Trinajstić information content (AvgIpc) is 2.75. The Morgan fingerprint density at radius 3 is 2.82 bits per heavy atom. The monoisotopic (exact) mass is 237 g/mol. The number of hydrogen-bond donors (Lipinski definition) is 1. The van der Waals surface area contributed by atoms with Crippen molar-refractivity contribution in [3.8, 4) is 0 Å². The second-order valence-electron chi connectivity index (χ2n) is 4.46. The van der Waals surface area contributed by atoms with Crippen LogP contribution in [0.2, 0.25) is 0 Å². The van der Waals surface area contributed by atoms with Crippen LogP contribution in [0.25, 0.3) is 0 Å². The van der Waals surface area contributed by atoms with Gasteiger partial charge in [-0.2, -0.15) is 0 Å². The molecule has 1 heterocycles. The predicted molar refractivity (Wildman–Crippen MR) is 62.3 cm³/mol. The van der Waals surface area contributed by atoms with Gasteiger partial charge in [-0.05, 0) is 30.2 Å². The lowest BCUT2D eigenvalue weighted by molar-refractivity contribution is -0.145. The second kappa shape index (κ2) is 4.84. The normalized spacial score (nSPS) is 23.7. The van der Waals surface area contributed by atoms with E-state index in [0.717, 1.165) is 11.1 Å². The fourth-order valence-electron chi connectivity index (χ4n) is 2.41. The van der Waals surface area contributed by atoms with E-state index in [1.54, 1.807) is 0 Å². The van der Waals surface area contributed by atoms with Crippen LogP contribution in [0.4, 0.5) is 4.39 Å². The predicted octanol–water partition coefficient (Wildman–Crippen LogP) is 1.61. The van der Waals surface area contributed by atoms with Gasteiger partial charge < -0.3 is 10.1 Å². The van der Waals surface area contributed by atoms with Crippen LogP contribution in [0.3, 0.4) is 0 Å². The largest absolute Gasteiger partial charge is 0.469 e. The van der Waals surface area contributed by atoms with Crippen molar-refractivity contribution >= 4 is 5.97 Å². The summed E-state index contributed by atoms with van der Waals surface area (Å²) in [5.41, 5.74) is 1.73. The Bertz CT molecular complexity index is 413. The summed E-state index contributed by atoms with van der Waals surface area (Å²) in [5.74, 6) is -0.713. The van der Waals surface area contributed by atoms with Crippen molar-refractivity contribution in [2.75, 3.05) is 20.2 Å². The van der Waals surface area contributed by atoms with Crippen LogP contribution in [-0.4, -0.2) is 26.2 Å². The Hall–Kier alpha value is -1.42. The number of aryl methyl sites for hydroxylation is 1. The highest BCUT2D eigenvalue weighted by Gasteiger charge is 2.34. The number of rotatable bonds is 2. The molecular formula is C13H16FNO2. The Kier molecular flexibility index (Phi) is 3.43. The first-order chi connectivity index (χ1) is 8.11. The van der Waals surface area contributed by atoms with Crippen LogP contribution in [0.1, 0.15) is 17.0 Å². The summed E-state index contributed by atoms with van der Waals surface area (Å²) in [7, 11) is 1.38. The fourth-order valence-corrected chi connectivity index (χ4v) is 2.41. The molecule has 1 aliphatic rings. The number of methoxy groups -OCH3 is 1. The molecule has 4 heteroatoms. The number of esters is 1. The minimum Gasteiger partial charge on any atom is -0.469 e. The van der Waals surface area contributed by atoms with Gasteiger partial charge >= 0.3 is 5.97 Å². The molecule has 17 heavy (non-hydrogen) atoms. The number of benzene rings is 1. The zero-order chi connectivity index (χ0) is 12.4. The summed E-state index contributed by atoms with van der Waals surface area (Å²) in [6, 6.07) is 4.91. The van der Waals surface area contributed by atoms with Crippen LogP contribution >= 0.6 is 0 Å². The summed E-state index contributed by atoms with van der Waals surface area (Å²) >= 11 is 0. The SMILES string of the molecule is COC(=O)C1CNCC1c1cc(C)cc(F)c1. The highest BCUT2D eigenvalue weighted by atomic mass is 19.1. The molecule has 0 saturated carbocycles. The van der Waals surface area contributed by atoms with Gasteiger partial charge in [0.05, 0.1) is 13.0 Å². The Labute approximate surface area is 100.0 Å². The van der Waals surface area contributed by atoms with Crippen LogP contribution in [-0.2, 0) is 9.53 Å². The van der Waals surface area contributed by atoms with E-state index in [1.165, 1.54) is 19.2 Å². The first kappa shape index (κ1) is 12.0. The number of halogens is 1. The van der Waals surface area contributed by atoms with Crippen molar-refractivity contribution < 1.29 is 13.9 Å². The van der Waals surface area contributed by atoms with Crippen LogP contribution in [0.5, 0.6) is 0 Å². The molecule has 1 N–H and O–H groups in total. The third-order valence-corrected chi connectivity index (χ3v) is 3.21. The van der Waals surface area contributed by atoms with Gasteiger partial charge in [0.1, 0.15) is 5.82 Å². The molecule has 2 atom stereocenters. The van der Waals surface area contributed by atoms with E-state index in [4.69, 9.17) is 4.74 Å². The van der Waals surface area contributed by atoms with E-state index in [1.807, 2.05) is 13.0 Å². The van der Waals surface area contributed by atoms with Gasteiger partial charge in [-0.25, -0.2) is 4.39 Å². The Balaban J connectivity index is 2.28. The first-order valence-corrected chi connectivity index (χ1v) is 5.67. The van der Waals surface area contributed by atoms with Gasteiger partial charge in [-0.3, -0.25) is 4.79 Å². The van der Waals surface area contributed by atoms with Gasteiger partial charge in [0, 0.05) is 19.0 Å². The van der Waals surface area contributed by atoms with Crippen LogP contribution in [0, 0.1) is 18.7 Å². The van der Waals surface area contributed by atoms with E-state index in [0.29, 0.717) is 13.1 Å². The van der Waals surface area contributed by atoms with E-state index in [9.17, 15) is 9.18 Å². The number of nitrogens with one attached hydrogen (secondary N) is 1. The summed E-state index contributed by atoms with van der Waals surface area (Å²) < 4.78 is 18.1. The smallest absolute Gasteiger partial charge is 0.310 e.